The van der Waals surface area contributed by atoms with Gasteiger partial charge in [-0.25, -0.2) is 4.79 Å². The van der Waals surface area contributed by atoms with Gasteiger partial charge in [-0.3, -0.25) is 4.72 Å². The number of carbonyl (C=O) groups excluding carboxylic acids is 1. The van der Waals surface area contributed by atoms with Crippen molar-refractivity contribution < 1.29 is 14.6 Å². The van der Waals surface area contributed by atoms with Crippen molar-refractivity contribution in [2.75, 3.05) is 5.94 Å². The molecule has 4 nitrogen and oxygen atoms in total. The zero-order valence-corrected chi connectivity index (χ0v) is 7.70. The van der Waals surface area contributed by atoms with Crippen LogP contribution in [-0.2, 0) is 4.74 Å². The summed E-state index contributed by atoms with van der Waals surface area (Å²) < 4.78 is 7.15. The summed E-state index contributed by atoms with van der Waals surface area (Å²) in [5.74, 6) is -0.154. The lowest BCUT2D eigenvalue weighted by Crippen LogP contribution is -2.29. The van der Waals surface area contributed by atoms with Gasteiger partial charge in [0, 0.05) is 0 Å². The van der Waals surface area contributed by atoms with Crippen LogP contribution < -0.4 is 4.72 Å². The molecule has 0 aliphatic rings. The Bertz CT molecular complexity index is 132. The maximum atomic E-state index is 10.8. The van der Waals surface area contributed by atoms with Crippen molar-refractivity contribution in [3.63, 3.8) is 0 Å². The number of nitrogens with one attached hydrogen (secondary N) is 1. The number of hydrogen-bond acceptors (Lipinski definition) is 4. The highest BCUT2D eigenvalue weighted by Gasteiger charge is 2.15. The van der Waals surface area contributed by atoms with Gasteiger partial charge in [0.25, 0.3) is 0 Å². The van der Waals surface area contributed by atoms with Crippen LogP contribution in [0, 0.1) is 0 Å². The van der Waals surface area contributed by atoms with E-state index in [1.165, 1.54) is 0 Å². The highest BCUT2D eigenvalue weighted by atomic mass is 32.2. The maximum absolute atomic E-state index is 10.8. The number of hydrogen-bond donors (Lipinski definition) is 2. The van der Waals surface area contributed by atoms with Crippen LogP contribution >= 0.6 is 11.9 Å². The first-order valence-corrected chi connectivity index (χ1v) is 4.16. The van der Waals surface area contributed by atoms with Gasteiger partial charge >= 0.3 is 6.09 Å². The molecule has 0 aliphatic heterocycles. The fourth-order valence-corrected chi connectivity index (χ4v) is 0.614. The first kappa shape index (κ1) is 10.6. The van der Waals surface area contributed by atoms with Crippen molar-refractivity contribution in [1.29, 1.82) is 0 Å². The van der Waals surface area contributed by atoms with Crippen molar-refractivity contribution >= 4 is 18.0 Å². The molecule has 5 heteroatoms. The van der Waals surface area contributed by atoms with Crippen molar-refractivity contribution in [3.05, 3.63) is 0 Å². The van der Waals surface area contributed by atoms with Crippen molar-refractivity contribution in [1.82, 2.24) is 4.72 Å². The van der Waals surface area contributed by atoms with Gasteiger partial charge in [-0.05, 0) is 32.7 Å². The molecule has 0 atom stereocenters. The molecular formula is C6H13NO3S. The van der Waals surface area contributed by atoms with Gasteiger partial charge in [-0.15, -0.1) is 0 Å². The molecule has 0 spiro atoms. The minimum atomic E-state index is -0.531. The summed E-state index contributed by atoms with van der Waals surface area (Å²) in [7, 11) is 0. The molecular weight excluding hydrogens is 166 g/mol. The maximum Gasteiger partial charge on any atom is 0.417 e. The van der Waals surface area contributed by atoms with E-state index in [0.29, 0.717) is 0 Å². The van der Waals surface area contributed by atoms with Gasteiger partial charge in [0.1, 0.15) is 11.5 Å². The third-order valence-corrected chi connectivity index (χ3v) is 1.06. The van der Waals surface area contributed by atoms with Crippen LogP contribution in [0.5, 0.6) is 0 Å². The monoisotopic (exact) mass is 179 g/mol. The van der Waals surface area contributed by atoms with Crippen LogP contribution in [0.15, 0.2) is 0 Å². The topological polar surface area (TPSA) is 58.6 Å². The summed E-state index contributed by atoms with van der Waals surface area (Å²) in [5, 5.41) is 8.31. The largest absolute Gasteiger partial charge is 0.443 e. The van der Waals surface area contributed by atoms with E-state index in [4.69, 9.17) is 9.84 Å². The van der Waals surface area contributed by atoms with Gasteiger partial charge in [-0.2, -0.15) is 0 Å². The number of aliphatic hydroxyl groups is 1. The van der Waals surface area contributed by atoms with E-state index < -0.39 is 11.7 Å². The molecule has 0 unspecified atom stereocenters. The van der Waals surface area contributed by atoms with E-state index in [-0.39, 0.29) is 5.94 Å². The molecule has 0 radical (unpaired) electrons. The molecule has 0 bridgehead atoms. The molecule has 0 aromatic heterocycles. The molecule has 0 aliphatic carbocycles. The lowest BCUT2D eigenvalue weighted by Gasteiger charge is -2.18. The van der Waals surface area contributed by atoms with Crippen LogP contribution in [0.2, 0.25) is 0 Å². The Morgan fingerprint density at radius 2 is 2.18 bits per heavy atom. The molecule has 66 valence electrons. The SMILES string of the molecule is CC(C)(C)OC(=O)NSCO. The summed E-state index contributed by atoms with van der Waals surface area (Å²) >= 11 is 0.888. The molecule has 0 fully saturated rings. The van der Waals surface area contributed by atoms with Crippen molar-refractivity contribution in [2.45, 2.75) is 26.4 Å². The Balaban J connectivity index is 3.53. The smallest absolute Gasteiger partial charge is 0.417 e. The summed E-state index contributed by atoms with van der Waals surface area (Å²) in [6.07, 6.45) is -0.531. The molecule has 0 aromatic rings. The van der Waals surface area contributed by atoms with Gasteiger partial charge < -0.3 is 9.84 Å². The third kappa shape index (κ3) is 7.48. The normalized spacial score (nSPS) is 10.9. The molecule has 2 N–H and O–H groups in total. The number of ether oxygens (including phenoxy) is 1. The minimum absolute atomic E-state index is 0.154. The average molecular weight is 179 g/mol. The minimum Gasteiger partial charge on any atom is -0.443 e. The number of rotatable bonds is 2. The van der Waals surface area contributed by atoms with E-state index in [0.717, 1.165) is 11.9 Å². The first-order valence-electron chi connectivity index (χ1n) is 3.17. The van der Waals surface area contributed by atoms with Gasteiger partial charge in [0.15, 0.2) is 0 Å². The summed E-state index contributed by atoms with van der Waals surface area (Å²) in [6, 6.07) is 0. The Morgan fingerprint density at radius 1 is 1.64 bits per heavy atom. The quantitative estimate of drug-likeness (QED) is 0.492. The summed E-state index contributed by atoms with van der Waals surface area (Å²) in [6.45, 7) is 5.32. The standard InChI is InChI=1S/C6H13NO3S/c1-6(2,3)10-5(9)7-11-4-8/h8H,4H2,1-3H3,(H,7,9). The number of carbonyl (C=O) groups is 1. The van der Waals surface area contributed by atoms with Crippen molar-refractivity contribution in [2.24, 2.45) is 0 Å². The molecule has 0 rings (SSSR count). The Labute approximate surface area is 70.4 Å². The second-order valence-corrected chi connectivity index (χ2v) is 3.63. The van der Waals surface area contributed by atoms with Crippen LogP contribution in [0.4, 0.5) is 4.79 Å². The number of aliphatic hydroxyl groups excluding tert-OH is 1. The van der Waals surface area contributed by atoms with E-state index in [2.05, 4.69) is 4.72 Å². The van der Waals surface area contributed by atoms with E-state index in [9.17, 15) is 4.79 Å². The highest BCUT2D eigenvalue weighted by molar-refractivity contribution is 7.97. The van der Waals surface area contributed by atoms with Crippen LogP contribution in [0.25, 0.3) is 0 Å². The lowest BCUT2D eigenvalue weighted by molar-refractivity contribution is 0.0574. The lowest BCUT2D eigenvalue weighted by atomic mass is 10.2. The van der Waals surface area contributed by atoms with Crippen molar-refractivity contribution in [3.8, 4) is 0 Å². The highest BCUT2D eigenvalue weighted by Crippen LogP contribution is 2.07. The fraction of sp³-hybridized carbons (Fsp3) is 0.833. The predicted molar refractivity (Wildman–Crippen MR) is 44.0 cm³/mol. The Kier molecular flexibility index (Phi) is 4.29. The molecule has 0 aromatic carbocycles. The average Bonchev–Trinajstić information content (AvgIpc) is 1.79. The molecule has 0 heterocycles. The third-order valence-electron chi connectivity index (χ3n) is 0.619. The van der Waals surface area contributed by atoms with Crippen LogP contribution in [-0.4, -0.2) is 22.7 Å². The van der Waals surface area contributed by atoms with E-state index in [1.807, 2.05) is 0 Å². The van der Waals surface area contributed by atoms with Gasteiger partial charge in [0.05, 0.1) is 0 Å². The molecule has 0 saturated heterocycles. The van der Waals surface area contributed by atoms with E-state index in [1.54, 1.807) is 20.8 Å². The van der Waals surface area contributed by atoms with E-state index >= 15 is 0 Å². The number of amides is 1. The Hall–Kier alpha value is -0.420. The molecule has 11 heavy (non-hydrogen) atoms. The van der Waals surface area contributed by atoms with Crippen LogP contribution in [0.1, 0.15) is 20.8 Å². The van der Waals surface area contributed by atoms with Gasteiger partial charge in [0.2, 0.25) is 0 Å². The summed E-state index contributed by atoms with van der Waals surface area (Å²) in [4.78, 5) is 10.8. The van der Waals surface area contributed by atoms with Crippen LogP contribution in [0.3, 0.4) is 0 Å². The second-order valence-electron chi connectivity index (χ2n) is 2.88. The zero-order chi connectivity index (χ0) is 8.91. The zero-order valence-electron chi connectivity index (χ0n) is 6.88. The fourth-order valence-electron chi connectivity index (χ4n) is 0.390. The molecule has 0 saturated carbocycles. The predicted octanol–water partition coefficient (Wildman–Crippen LogP) is 1.11. The van der Waals surface area contributed by atoms with Gasteiger partial charge in [-0.1, -0.05) is 0 Å². The molecule has 1 amide bonds. The summed E-state index contributed by atoms with van der Waals surface area (Å²) in [5.41, 5.74) is -0.486. The first-order chi connectivity index (χ1) is 4.95. The second kappa shape index (κ2) is 4.46. The Morgan fingerprint density at radius 3 is 2.55 bits per heavy atom.